The van der Waals surface area contributed by atoms with Gasteiger partial charge >= 0.3 is 5.97 Å². The Kier molecular flexibility index (Phi) is 4.77. The molecule has 0 spiro atoms. The zero-order chi connectivity index (χ0) is 12.1. The Balaban J connectivity index is 2.58. The van der Waals surface area contributed by atoms with E-state index in [4.69, 9.17) is 0 Å². The van der Waals surface area contributed by atoms with E-state index in [0.29, 0.717) is 12.5 Å². The summed E-state index contributed by atoms with van der Waals surface area (Å²) in [6, 6.07) is 0. The molecule has 92 valence electrons. The van der Waals surface area contributed by atoms with Crippen LogP contribution in [0.3, 0.4) is 0 Å². The first-order valence-electron chi connectivity index (χ1n) is 5.95. The van der Waals surface area contributed by atoms with E-state index < -0.39 is 0 Å². The standard InChI is InChI=1S/C12H21NO3/c1-4-13(8-11(14)16-3)12(15)10-7-5-6-9(10)2/h9-10H,4-8H2,1-3H3. The summed E-state index contributed by atoms with van der Waals surface area (Å²) in [5.74, 6) is 0.308. The van der Waals surface area contributed by atoms with Gasteiger partial charge in [0.15, 0.2) is 0 Å². The van der Waals surface area contributed by atoms with Crippen molar-refractivity contribution in [1.82, 2.24) is 4.90 Å². The van der Waals surface area contributed by atoms with Crippen LogP contribution in [0, 0.1) is 11.8 Å². The van der Waals surface area contributed by atoms with E-state index in [9.17, 15) is 9.59 Å². The molecule has 0 aliphatic heterocycles. The van der Waals surface area contributed by atoms with Crippen molar-refractivity contribution in [3.63, 3.8) is 0 Å². The number of hydrogen-bond donors (Lipinski definition) is 0. The van der Waals surface area contributed by atoms with Crippen molar-refractivity contribution in [2.24, 2.45) is 11.8 Å². The molecule has 0 aromatic heterocycles. The summed E-state index contributed by atoms with van der Waals surface area (Å²) in [6.07, 6.45) is 3.19. The van der Waals surface area contributed by atoms with Crippen molar-refractivity contribution in [3.8, 4) is 0 Å². The van der Waals surface area contributed by atoms with Gasteiger partial charge in [-0.15, -0.1) is 0 Å². The third kappa shape index (κ3) is 2.97. The summed E-state index contributed by atoms with van der Waals surface area (Å²) in [5, 5.41) is 0. The maximum Gasteiger partial charge on any atom is 0.325 e. The SMILES string of the molecule is CCN(CC(=O)OC)C(=O)C1CCCC1C. The molecule has 0 aromatic rings. The summed E-state index contributed by atoms with van der Waals surface area (Å²) in [7, 11) is 1.35. The number of likely N-dealkylation sites (N-methyl/N-ethyl adjacent to an activating group) is 1. The second kappa shape index (κ2) is 5.87. The monoisotopic (exact) mass is 227 g/mol. The molecule has 0 heterocycles. The summed E-state index contributed by atoms with van der Waals surface area (Å²) in [5.41, 5.74) is 0. The minimum absolute atomic E-state index is 0.0784. The Morgan fingerprint density at radius 1 is 1.38 bits per heavy atom. The quantitative estimate of drug-likeness (QED) is 0.683. The lowest BCUT2D eigenvalue weighted by molar-refractivity contribution is -0.148. The molecule has 0 bridgehead atoms. The van der Waals surface area contributed by atoms with Crippen LogP contribution in [-0.4, -0.2) is 37.0 Å². The Morgan fingerprint density at radius 2 is 2.06 bits per heavy atom. The van der Waals surface area contributed by atoms with Crippen LogP contribution in [0.5, 0.6) is 0 Å². The van der Waals surface area contributed by atoms with E-state index in [0.717, 1.165) is 19.3 Å². The largest absolute Gasteiger partial charge is 0.468 e. The van der Waals surface area contributed by atoms with E-state index >= 15 is 0 Å². The van der Waals surface area contributed by atoms with Gasteiger partial charge in [0.25, 0.3) is 0 Å². The molecule has 16 heavy (non-hydrogen) atoms. The Labute approximate surface area is 96.9 Å². The van der Waals surface area contributed by atoms with Gasteiger partial charge in [0, 0.05) is 12.5 Å². The van der Waals surface area contributed by atoms with Crippen molar-refractivity contribution < 1.29 is 14.3 Å². The second-order valence-corrected chi connectivity index (χ2v) is 4.44. The fourth-order valence-electron chi connectivity index (χ4n) is 2.31. The van der Waals surface area contributed by atoms with Gasteiger partial charge in [-0.1, -0.05) is 13.3 Å². The van der Waals surface area contributed by atoms with Gasteiger partial charge in [0.2, 0.25) is 5.91 Å². The van der Waals surface area contributed by atoms with Crippen LogP contribution in [0.2, 0.25) is 0 Å². The number of rotatable bonds is 4. The van der Waals surface area contributed by atoms with E-state index in [1.165, 1.54) is 7.11 Å². The molecule has 1 fully saturated rings. The highest BCUT2D eigenvalue weighted by Gasteiger charge is 2.32. The van der Waals surface area contributed by atoms with Crippen molar-refractivity contribution in [3.05, 3.63) is 0 Å². The second-order valence-electron chi connectivity index (χ2n) is 4.44. The molecule has 2 atom stereocenters. The van der Waals surface area contributed by atoms with Crippen molar-refractivity contribution >= 4 is 11.9 Å². The Bertz CT molecular complexity index is 265. The first-order chi connectivity index (χ1) is 7.60. The number of nitrogens with zero attached hydrogens (tertiary/aromatic N) is 1. The molecule has 0 N–H and O–H groups in total. The number of ether oxygens (including phenoxy) is 1. The number of carbonyl (C=O) groups is 2. The number of carbonyl (C=O) groups excluding carboxylic acids is 2. The molecular weight excluding hydrogens is 206 g/mol. The van der Waals surface area contributed by atoms with Gasteiger partial charge in [-0.3, -0.25) is 9.59 Å². The molecule has 1 aliphatic rings. The minimum atomic E-state index is -0.346. The van der Waals surface area contributed by atoms with Crippen LogP contribution >= 0.6 is 0 Å². The van der Waals surface area contributed by atoms with Gasteiger partial charge in [-0.25, -0.2) is 0 Å². The van der Waals surface area contributed by atoms with E-state index in [1.54, 1.807) is 4.90 Å². The third-order valence-corrected chi connectivity index (χ3v) is 3.42. The summed E-state index contributed by atoms with van der Waals surface area (Å²) >= 11 is 0. The van der Waals surface area contributed by atoms with Gasteiger partial charge in [-0.2, -0.15) is 0 Å². The third-order valence-electron chi connectivity index (χ3n) is 3.42. The highest BCUT2D eigenvalue weighted by Crippen LogP contribution is 2.32. The van der Waals surface area contributed by atoms with Crippen LogP contribution in [-0.2, 0) is 14.3 Å². The molecule has 2 unspecified atom stereocenters. The Morgan fingerprint density at radius 3 is 2.50 bits per heavy atom. The van der Waals surface area contributed by atoms with Crippen LogP contribution in [0.4, 0.5) is 0 Å². The summed E-state index contributed by atoms with van der Waals surface area (Å²) < 4.78 is 4.59. The molecule has 4 heteroatoms. The highest BCUT2D eigenvalue weighted by atomic mass is 16.5. The van der Waals surface area contributed by atoms with E-state index in [-0.39, 0.29) is 24.3 Å². The van der Waals surface area contributed by atoms with Gasteiger partial charge in [0.05, 0.1) is 7.11 Å². The van der Waals surface area contributed by atoms with Crippen LogP contribution in [0.15, 0.2) is 0 Å². The first kappa shape index (κ1) is 13.0. The molecular formula is C12H21NO3. The topological polar surface area (TPSA) is 46.6 Å². The lowest BCUT2D eigenvalue weighted by Crippen LogP contribution is -2.40. The number of methoxy groups -OCH3 is 1. The lowest BCUT2D eigenvalue weighted by atomic mass is 9.96. The van der Waals surface area contributed by atoms with E-state index in [1.807, 2.05) is 6.92 Å². The molecule has 1 rings (SSSR count). The Hall–Kier alpha value is -1.06. The van der Waals surface area contributed by atoms with Gasteiger partial charge in [-0.05, 0) is 25.7 Å². The highest BCUT2D eigenvalue weighted by molar-refractivity contribution is 5.84. The van der Waals surface area contributed by atoms with Crippen molar-refractivity contribution in [2.45, 2.75) is 33.1 Å². The fraction of sp³-hybridized carbons (Fsp3) is 0.833. The smallest absolute Gasteiger partial charge is 0.325 e. The molecule has 0 radical (unpaired) electrons. The number of hydrogen-bond acceptors (Lipinski definition) is 3. The predicted octanol–water partition coefficient (Wildman–Crippen LogP) is 1.44. The van der Waals surface area contributed by atoms with Gasteiger partial charge < -0.3 is 9.64 Å². The van der Waals surface area contributed by atoms with Crippen molar-refractivity contribution in [1.29, 1.82) is 0 Å². The zero-order valence-corrected chi connectivity index (χ0v) is 10.4. The molecule has 1 amide bonds. The average Bonchev–Trinajstić information content (AvgIpc) is 2.71. The molecule has 1 aliphatic carbocycles. The first-order valence-corrected chi connectivity index (χ1v) is 5.95. The van der Waals surface area contributed by atoms with Crippen molar-refractivity contribution in [2.75, 3.05) is 20.2 Å². The molecule has 0 aromatic carbocycles. The zero-order valence-electron chi connectivity index (χ0n) is 10.4. The van der Waals surface area contributed by atoms with Crippen LogP contribution < -0.4 is 0 Å². The van der Waals surface area contributed by atoms with Gasteiger partial charge in [0.1, 0.15) is 6.54 Å². The molecule has 0 saturated heterocycles. The van der Waals surface area contributed by atoms with Crippen LogP contribution in [0.1, 0.15) is 33.1 Å². The lowest BCUT2D eigenvalue weighted by Gasteiger charge is -2.25. The predicted molar refractivity (Wildman–Crippen MR) is 60.8 cm³/mol. The summed E-state index contributed by atoms with van der Waals surface area (Å²) in [6.45, 7) is 4.65. The number of esters is 1. The maximum absolute atomic E-state index is 12.2. The van der Waals surface area contributed by atoms with Crippen LogP contribution in [0.25, 0.3) is 0 Å². The molecule has 1 saturated carbocycles. The minimum Gasteiger partial charge on any atom is -0.468 e. The molecule has 4 nitrogen and oxygen atoms in total. The number of amides is 1. The fourth-order valence-corrected chi connectivity index (χ4v) is 2.31. The summed E-state index contributed by atoms with van der Waals surface area (Å²) in [4.78, 5) is 24.9. The maximum atomic E-state index is 12.2. The normalized spacial score (nSPS) is 24.2. The average molecular weight is 227 g/mol. The van der Waals surface area contributed by atoms with E-state index in [2.05, 4.69) is 11.7 Å².